The SMILES string of the molecule is COc1ncnc(OC)c1C(=O)N(C)CC(=O)N1CCC(C(=O)O)CC1. The fourth-order valence-electron chi connectivity index (χ4n) is 2.79. The molecule has 2 amide bonds. The Labute approximate surface area is 150 Å². The largest absolute Gasteiger partial charge is 0.481 e. The zero-order chi connectivity index (χ0) is 19.3. The van der Waals surface area contributed by atoms with Gasteiger partial charge in [-0.15, -0.1) is 0 Å². The molecule has 1 saturated heterocycles. The summed E-state index contributed by atoms with van der Waals surface area (Å²) in [6.07, 6.45) is 2.03. The maximum absolute atomic E-state index is 12.7. The van der Waals surface area contributed by atoms with Crippen molar-refractivity contribution in [3.8, 4) is 11.8 Å². The van der Waals surface area contributed by atoms with Gasteiger partial charge < -0.3 is 24.4 Å². The molecule has 10 nitrogen and oxygen atoms in total. The average molecular weight is 366 g/mol. The Kier molecular flexibility index (Phi) is 6.31. The third kappa shape index (κ3) is 4.19. The van der Waals surface area contributed by atoms with Gasteiger partial charge >= 0.3 is 5.97 Å². The van der Waals surface area contributed by atoms with Crippen LogP contribution in [0.1, 0.15) is 23.2 Å². The first-order chi connectivity index (χ1) is 12.4. The van der Waals surface area contributed by atoms with E-state index in [9.17, 15) is 14.4 Å². The number of piperidine rings is 1. The number of hydrogen-bond donors (Lipinski definition) is 1. The van der Waals surface area contributed by atoms with Gasteiger partial charge in [0.05, 0.1) is 26.7 Å². The van der Waals surface area contributed by atoms with Crippen molar-refractivity contribution in [3.05, 3.63) is 11.9 Å². The van der Waals surface area contributed by atoms with E-state index in [1.54, 1.807) is 4.90 Å². The van der Waals surface area contributed by atoms with Crippen LogP contribution in [0.3, 0.4) is 0 Å². The summed E-state index contributed by atoms with van der Waals surface area (Å²) in [4.78, 5) is 46.7. The highest BCUT2D eigenvalue weighted by Gasteiger charge is 2.29. The second-order valence-corrected chi connectivity index (χ2v) is 5.92. The molecule has 1 N–H and O–H groups in total. The molecule has 0 atom stereocenters. The zero-order valence-electron chi connectivity index (χ0n) is 15.0. The average Bonchev–Trinajstić information content (AvgIpc) is 2.66. The van der Waals surface area contributed by atoms with E-state index in [1.165, 1.54) is 32.5 Å². The first-order valence-electron chi connectivity index (χ1n) is 8.08. The topological polar surface area (TPSA) is 122 Å². The number of carbonyl (C=O) groups excluding carboxylic acids is 2. The summed E-state index contributed by atoms with van der Waals surface area (Å²) >= 11 is 0. The number of likely N-dealkylation sites (tertiary alicyclic amines) is 1. The lowest BCUT2D eigenvalue weighted by Gasteiger charge is -2.31. The minimum atomic E-state index is -0.840. The monoisotopic (exact) mass is 366 g/mol. The number of carboxylic acids is 1. The Hall–Kier alpha value is -2.91. The third-order valence-electron chi connectivity index (χ3n) is 4.29. The van der Waals surface area contributed by atoms with Crippen molar-refractivity contribution in [2.45, 2.75) is 12.8 Å². The van der Waals surface area contributed by atoms with Crippen molar-refractivity contribution >= 4 is 17.8 Å². The van der Waals surface area contributed by atoms with Gasteiger partial charge in [-0.2, -0.15) is 0 Å². The lowest BCUT2D eigenvalue weighted by molar-refractivity contribution is -0.145. The molecule has 2 heterocycles. The van der Waals surface area contributed by atoms with Crippen molar-refractivity contribution < 1.29 is 29.0 Å². The van der Waals surface area contributed by atoms with Gasteiger partial charge in [0.25, 0.3) is 5.91 Å². The Morgan fingerprint density at radius 1 is 1.19 bits per heavy atom. The molecule has 1 aliphatic heterocycles. The normalized spacial score (nSPS) is 14.7. The van der Waals surface area contributed by atoms with E-state index in [2.05, 4.69) is 9.97 Å². The number of ether oxygens (including phenoxy) is 2. The number of carbonyl (C=O) groups is 3. The van der Waals surface area contributed by atoms with Crippen LogP contribution < -0.4 is 9.47 Å². The number of aliphatic carboxylic acids is 1. The van der Waals surface area contributed by atoms with E-state index < -0.39 is 17.8 Å². The van der Waals surface area contributed by atoms with Crippen LogP contribution in [0.15, 0.2) is 6.33 Å². The molecule has 1 aromatic heterocycles. The van der Waals surface area contributed by atoms with Crippen LogP contribution in [-0.4, -0.2) is 83.6 Å². The van der Waals surface area contributed by atoms with Crippen LogP contribution in [0, 0.1) is 5.92 Å². The molecule has 1 aromatic rings. The molecular weight excluding hydrogens is 344 g/mol. The Morgan fingerprint density at radius 2 is 1.73 bits per heavy atom. The van der Waals surface area contributed by atoms with Crippen LogP contribution in [0.5, 0.6) is 11.8 Å². The number of likely N-dealkylation sites (N-methyl/N-ethyl adjacent to an activating group) is 1. The van der Waals surface area contributed by atoms with E-state index in [4.69, 9.17) is 14.6 Å². The van der Waals surface area contributed by atoms with E-state index in [0.29, 0.717) is 25.9 Å². The maximum Gasteiger partial charge on any atom is 0.306 e. The molecule has 0 bridgehead atoms. The molecule has 10 heteroatoms. The smallest absolute Gasteiger partial charge is 0.306 e. The molecule has 2 rings (SSSR count). The zero-order valence-corrected chi connectivity index (χ0v) is 15.0. The molecule has 0 spiro atoms. The molecule has 0 radical (unpaired) electrons. The highest BCUT2D eigenvalue weighted by atomic mass is 16.5. The van der Waals surface area contributed by atoms with Crippen molar-refractivity contribution in [2.75, 3.05) is 40.9 Å². The van der Waals surface area contributed by atoms with Gasteiger partial charge in [-0.05, 0) is 12.8 Å². The maximum atomic E-state index is 12.7. The van der Waals surface area contributed by atoms with E-state index >= 15 is 0 Å². The number of aromatic nitrogens is 2. The predicted molar refractivity (Wildman–Crippen MR) is 89.0 cm³/mol. The molecule has 1 fully saturated rings. The second-order valence-electron chi connectivity index (χ2n) is 5.92. The summed E-state index contributed by atoms with van der Waals surface area (Å²) in [6, 6.07) is 0. The van der Waals surface area contributed by atoms with Crippen molar-refractivity contribution in [2.24, 2.45) is 5.92 Å². The molecular formula is C16H22N4O6. The fourth-order valence-corrected chi connectivity index (χ4v) is 2.79. The number of carboxylic acid groups (broad SMARTS) is 1. The van der Waals surface area contributed by atoms with Gasteiger partial charge in [0.15, 0.2) is 5.56 Å². The first kappa shape index (κ1) is 19.4. The molecule has 0 unspecified atom stereocenters. The van der Waals surface area contributed by atoms with Crippen molar-refractivity contribution in [3.63, 3.8) is 0 Å². The van der Waals surface area contributed by atoms with E-state index in [0.717, 1.165) is 0 Å². The first-order valence-corrected chi connectivity index (χ1v) is 8.08. The number of methoxy groups -OCH3 is 2. The van der Waals surface area contributed by atoms with Crippen LogP contribution >= 0.6 is 0 Å². The lowest BCUT2D eigenvalue weighted by Crippen LogP contribution is -2.45. The molecule has 26 heavy (non-hydrogen) atoms. The number of hydrogen-bond acceptors (Lipinski definition) is 7. The predicted octanol–water partition coefficient (Wildman–Crippen LogP) is -0.111. The second kappa shape index (κ2) is 8.45. The molecule has 1 aliphatic rings. The van der Waals surface area contributed by atoms with Gasteiger partial charge in [-0.25, -0.2) is 9.97 Å². The van der Waals surface area contributed by atoms with Crippen LogP contribution in [0.4, 0.5) is 0 Å². The summed E-state index contributed by atoms with van der Waals surface area (Å²) in [5.41, 5.74) is 0.0392. The summed E-state index contributed by atoms with van der Waals surface area (Å²) in [5.74, 6) is -1.90. The Balaban J connectivity index is 2.04. The van der Waals surface area contributed by atoms with Crippen molar-refractivity contribution in [1.29, 1.82) is 0 Å². The summed E-state index contributed by atoms with van der Waals surface area (Å²) in [7, 11) is 4.22. The Bertz CT molecular complexity index is 665. The van der Waals surface area contributed by atoms with Crippen molar-refractivity contribution in [1.82, 2.24) is 19.8 Å². The van der Waals surface area contributed by atoms with Gasteiger partial charge in [0, 0.05) is 20.1 Å². The van der Waals surface area contributed by atoms with Gasteiger partial charge in [-0.1, -0.05) is 0 Å². The van der Waals surface area contributed by atoms with Crippen LogP contribution in [0.25, 0.3) is 0 Å². The fraction of sp³-hybridized carbons (Fsp3) is 0.562. The summed E-state index contributed by atoms with van der Waals surface area (Å²) in [6.45, 7) is 0.565. The molecule has 142 valence electrons. The van der Waals surface area contributed by atoms with Gasteiger partial charge in [-0.3, -0.25) is 14.4 Å². The minimum absolute atomic E-state index is 0.0392. The lowest BCUT2D eigenvalue weighted by atomic mass is 9.97. The highest BCUT2D eigenvalue weighted by molar-refractivity contribution is 6.00. The third-order valence-corrected chi connectivity index (χ3v) is 4.29. The van der Waals surface area contributed by atoms with E-state index in [1.807, 2.05) is 0 Å². The van der Waals surface area contributed by atoms with Crippen LogP contribution in [0.2, 0.25) is 0 Å². The Morgan fingerprint density at radius 3 is 2.19 bits per heavy atom. The molecule has 0 saturated carbocycles. The van der Waals surface area contributed by atoms with Gasteiger partial charge in [0.2, 0.25) is 17.7 Å². The number of rotatable bonds is 6. The number of nitrogens with zero attached hydrogens (tertiary/aromatic N) is 4. The quantitative estimate of drug-likeness (QED) is 0.740. The standard InChI is InChI=1S/C16H22N4O6/c1-19(8-11(21)20-6-4-10(5-7-20)16(23)24)15(22)12-13(25-2)17-9-18-14(12)26-3/h9-10H,4-8H2,1-3H3,(H,23,24). The highest BCUT2D eigenvalue weighted by Crippen LogP contribution is 2.25. The molecule has 0 aromatic carbocycles. The van der Waals surface area contributed by atoms with E-state index in [-0.39, 0.29) is 29.8 Å². The summed E-state index contributed by atoms with van der Waals surface area (Å²) < 4.78 is 10.2. The van der Waals surface area contributed by atoms with Crippen LogP contribution in [-0.2, 0) is 9.59 Å². The molecule has 0 aliphatic carbocycles. The number of amides is 2. The summed E-state index contributed by atoms with van der Waals surface area (Å²) in [5, 5.41) is 9.01. The van der Waals surface area contributed by atoms with Gasteiger partial charge in [0.1, 0.15) is 6.33 Å². The minimum Gasteiger partial charge on any atom is -0.481 e.